The molecule has 28 heavy (non-hydrogen) atoms. The van der Waals surface area contributed by atoms with E-state index in [4.69, 9.17) is 9.15 Å². The second kappa shape index (κ2) is 10.9. The standard InChI is InChI=1S/C22H31N3O3/c1-2-27-17-19-10-8-18(9-11-19)15-23-22(26)24-16-20(21-7-6-14-28-21)25-12-4-3-5-13-25/h6-11,14,20H,2-5,12-13,15-17H2,1H3,(H2,23,24,26). The van der Waals surface area contributed by atoms with Gasteiger partial charge in [-0.2, -0.15) is 0 Å². The van der Waals surface area contributed by atoms with Crippen molar-refractivity contribution < 1.29 is 13.9 Å². The Morgan fingerprint density at radius 1 is 1.11 bits per heavy atom. The molecule has 1 aromatic carbocycles. The number of hydrogen-bond donors (Lipinski definition) is 2. The number of hydrogen-bond acceptors (Lipinski definition) is 4. The van der Waals surface area contributed by atoms with Crippen LogP contribution in [0.2, 0.25) is 0 Å². The number of carbonyl (C=O) groups excluding carboxylic acids is 1. The number of carbonyl (C=O) groups is 1. The van der Waals surface area contributed by atoms with Gasteiger partial charge in [-0.05, 0) is 56.1 Å². The minimum Gasteiger partial charge on any atom is -0.468 e. The van der Waals surface area contributed by atoms with E-state index in [0.717, 1.165) is 30.0 Å². The van der Waals surface area contributed by atoms with E-state index >= 15 is 0 Å². The number of ether oxygens (including phenoxy) is 1. The molecule has 6 nitrogen and oxygen atoms in total. The van der Waals surface area contributed by atoms with Crippen molar-refractivity contribution in [2.24, 2.45) is 0 Å². The molecule has 1 aliphatic rings. The lowest BCUT2D eigenvalue weighted by atomic mass is 10.1. The normalized spacial score (nSPS) is 15.9. The van der Waals surface area contributed by atoms with Crippen LogP contribution in [0.5, 0.6) is 0 Å². The molecule has 2 aromatic rings. The van der Waals surface area contributed by atoms with Gasteiger partial charge >= 0.3 is 6.03 Å². The Bertz CT molecular complexity index is 694. The summed E-state index contributed by atoms with van der Waals surface area (Å²) < 4.78 is 11.0. The minimum atomic E-state index is -0.160. The van der Waals surface area contributed by atoms with Crippen LogP contribution in [0.15, 0.2) is 47.1 Å². The molecular formula is C22H31N3O3. The van der Waals surface area contributed by atoms with Crippen molar-refractivity contribution in [3.63, 3.8) is 0 Å². The van der Waals surface area contributed by atoms with E-state index < -0.39 is 0 Å². The highest BCUT2D eigenvalue weighted by Gasteiger charge is 2.24. The molecule has 152 valence electrons. The maximum absolute atomic E-state index is 12.3. The Morgan fingerprint density at radius 2 is 1.86 bits per heavy atom. The van der Waals surface area contributed by atoms with Crippen LogP contribution in [0.4, 0.5) is 4.79 Å². The lowest BCUT2D eigenvalue weighted by Gasteiger charge is -2.33. The number of benzene rings is 1. The predicted molar refractivity (Wildman–Crippen MR) is 109 cm³/mol. The molecule has 1 saturated heterocycles. The summed E-state index contributed by atoms with van der Waals surface area (Å²) in [5.74, 6) is 0.909. The molecule has 1 aliphatic heterocycles. The van der Waals surface area contributed by atoms with Crippen LogP contribution in [-0.2, 0) is 17.9 Å². The van der Waals surface area contributed by atoms with Crippen LogP contribution >= 0.6 is 0 Å². The smallest absolute Gasteiger partial charge is 0.315 e. The Morgan fingerprint density at radius 3 is 2.54 bits per heavy atom. The van der Waals surface area contributed by atoms with E-state index in [1.807, 2.05) is 43.3 Å². The summed E-state index contributed by atoms with van der Waals surface area (Å²) in [4.78, 5) is 14.7. The molecule has 2 amide bonds. The van der Waals surface area contributed by atoms with Crippen LogP contribution in [0.25, 0.3) is 0 Å². The van der Waals surface area contributed by atoms with Gasteiger partial charge in [-0.25, -0.2) is 4.79 Å². The number of nitrogens with one attached hydrogen (secondary N) is 2. The van der Waals surface area contributed by atoms with Crippen molar-refractivity contribution in [2.75, 3.05) is 26.2 Å². The summed E-state index contributed by atoms with van der Waals surface area (Å²) >= 11 is 0. The molecule has 0 radical (unpaired) electrons. The van der Waals surface area contributed by atoms with Gasteiger partial charge in [-0.1, -0.05) is 30.7 Å². The average molecular weight is 386 g/mol. The fraction of sp³-hybridized carbons (Fsp3) is 0.500. The van der Waals surface area contributed by atoms with Crippen LogP contribution < -0.4 is 10.6 Å². The van der Waals surface area contributed by atoms with Gasteiger partial charge in [0, 0.05) is 19.7 Å². The van der Waals surface area contributed by atoms with E-state index in [9.17, 15) is 4.79 Å². The maximum atomic E-state index is 12.3. The molecule has 1 unspecified atom stereocenters. The fourth-order valence-corrected chi connectivity index (χ4v) is 3.53. The van der Waals surface area contributed by atoms with E-state index in [1.54, 1.807) is 6.26 Å². The van der Waals surface area contributed by atoms with Gasteiger partial charge in [-0.15, -0.1) is 0 Å². The van der Waals surface area contributed by atoms with Crippen molar-refractivity contribution in [1.82, 2.24) is 15.5 Å². The second-order valence-electron chi connectivity index (χ2n) is 7.15. The Kier molecular flexibility index (Phi) is 7.94. The highest BCUT2D eigenvalue weighted by Crippen LogP contribution is 2.24. The van der Waals surface area contributed by atoms with Gasteiger partial charge in [0.15, 0.2) is 0 Å². The number of furan rings is 1. The molecule has 0 spiro atoms. The van der Waals surface area contributed by atoms with Crippen molar-refractivity contribution >= 4 is 6.03 Å². The van der Waals surface area contributed by atoms with E-state index in [-0.39, 0.29) is 12.1 Å². The van der Waals surface area contributed by atoms with Crippen molar-refractivity contribution in [1.29, 1.82) is 0 Å². The first-order chi connectivity index (χ1) is 13.8. The average Bonchev–Trinajstić information content (AvgIpc) is 3.27. The maximum Gasteiger partial charge on any atom is 0.315 e. The molecule has 0 bridgehead atoms. The molecule has 1 atom stereocenters. The molecule has 1 aromatic heterocycles. The van der Waals surface area contributed by atoms with Crippen LogP contribution in [0.1, 0.15) is 49.1 Å². The van der Waals surface area contributed by atoms with Crippen molar-refractivity contribution in [2.45, 2.75) is 45.4 Å². The van der Waals surface area contributed by atoms with Crippen LogP contribution in [0.3, 0.4) is 0 Å². The summed E-state index contributed by atoms with van der Waals surface area (Å²) in [6, 6.07) is 11.9. The summed E-state index contributed by atoms with van der Waals surface area (Å²) in [6.45, 7) is 6.43. The molecular weight excluding hydrogens is 354 g/mol. The zero-order valence-corrected chi connectivity index (χ0v) is 16.7. The largest absolute Gasteiger partial charge is 0.468 e. The van der Waals surface area contributed by atoms with Gasteiger partial charge in [0.05, 0.1) is 18.9 Å². The number of rotatable bonds is 9. The molecule has 6 heteroatoms. The number of likely N-dealkylation sites (tertiary alicyclic amines) is 1. The predicted octanol–water partition coefficient (Wildman–Crippen LogP) is 3.84. The molecule has 0 saturated carbocycles. The van der Waals surface area contributed by atoms with Gasteiger partial charge in [-0.3, -0.25) is 4.90 Å². The fourth-order valence-electron chi connectivity index (χ4n) is 3.53. The minimum absolute atomic E-state index is 0.0823. The lowest BCUT2D eigenvalue weighted by Crippen LogP contribution is -2.43. The third kappa shape index (κ3) is 6.11. The highest BCUT2D eigenvalue weighted by molar-refractivity contribution is 5.73. The van der Waals surface area contributed by atoms with Gasteiger partial charge < -0.3 is 19.8 Å². The quantitative estimate of drug-likeness (QED) is 0.688. The number of nitrogens with zero attached hydrogens (tertiary/aromatic N) is 1. The molecule has 3 rings (SSSR count). The first-order valence-electron chi connectivity index (χ1n) is 10.2. The van der Waals surface area contributed by atoms with Crippen molar-refractivity contribution in [3.05, 3.63) is 59.5 Å². The molecule has 2 heterocycles. The number of amides is 2. The van der Waals surface area contributed by atoms with Gasteiger partial charge in [0.2, 0.25) is 0 Å². The first-order valence-corrected chi connectivity index (χ1v) is 10.2. The summed E-state index contributed by atoms with van der Waals surface area (Å²) in [5, 5.41) is 5.94. The van der Waals surface area contributed by atoms with Crippen LogP contribution in [0, 0.1) is 0 Å². The Hall–Kier alpha value is -2.31. The Labute approximate surface area is 167 Å². The van der Waals surface area contributed by atoms with E-state index in [2.05, 4.69) is 15.5 Å². The van der Waals surface area contributed by atoms with Gasteiger partial charge in [0.1, 0.15) is 5.76 Å². The third-order valence-corrected chi connectivity index (χ3v) is 5.11. The molecule has 1 fully saturated rings. The van der Waals surface area contributed by atoms with Crippen LogP contribution in [-0.4, -0.2) is 37.2 Å². The SMILES string of the molecule is CCOCc1ccc(CNC(=O)NCC(c2ccco2)N2CCCCC2)cc1. The number of piperidine rings is 1. The topological polar surface area (TPSA) is 66.7 Å². The van der Waals surface area contributed by atoms with Gasteiger partial charge in [0.25, 0.3) is 0 Å². The summed E-state index contributed by atoms with van der Waals surface area (Å²) in [7, 11) is 0. The summed E-state index contributed by atoms with van der Waals surface area (Å²) in [5.41, 5.74) is 2.20. The number of urea groups is 1. The zero-order valence-electron chi connectivity index (χ0n) is 16.7. The first kappa shape index (κ1) is 20.4. The molecule has 0 aliphatic carbocycles. The monoisotopic (exact) mass is 385 g/mol. The Balaban J connectivity index is 1.46. The van der Waals surface area contributed by atoms with Crippen molar-refractivity contribution in [3.8, 4) is 0 Å². The molecule has 2 N–H and O–H groups in total. The van der Waals surface area contributed by atoms with E-state index in [0.29, 0.717) is 26.3 Å². The van der Waals surface area contributed by atoms with E-state index in [1.165, 1.54) is 19.3 Å². The third-order valence-electron chi connectivity index (χ3n) is 5.11. The highest BCUT2D eigenvalue weighted by atomic mass is 16.5. The summed E-state index contributed by atoms with van der Waals surface area (Å²) in [6.07, 6.45) is 5.37. The zero-order chi connectivity index (χ0) is 19.6. The second-order valence-corrected chi connectivity index (χ2v) is 7.15. The lowest BCUT2D eigenvalue weighted by molar-refractivity contribution is 0.134.